The van der Waals surface area contributed by atoms with Crippen molar-refractivity contribution in [2.75, 3.05) is 11.9 Å². The molecule has 1 heterocycles. The Kier molecular flexibility index (Phi) is 4.50. The summed E-state index contributed by atoms with van der Waals surface area (Å²) in [6.45, 7) is 7.59. The average molecular weight is 264 g/mol. The van der Waals surface area contributed by atoms with Crippen LogP contribution >= 0.6 is 0 Å². The van der Waals surface area contributed by atoms with Crippen molar-refractivity contribution >= 4 is 5.82 Å². The molecule has 1 aromatic rings. The third-order valence-corrected chi connectivity index (χ3v) is 4.28. The Morgan fingerprint density at radius 1 is 1.37 bits per heavy atom. The lowest BCUT2D eigenvalue weighted by atomic mass is 10.1. The van der Waals surface area contributed by atoms with E-state index in [2.05, 4.69) is 50.2 Å². The standard InChI is InChI=1S/C15H28N4/c1-6-13(7-2)18(4)15-14(10-16-12-8-9-12)11(3)17-19(15)5/h12-13,16H,6-10H2,1-5H3. The zero-order chi connectivity index (χ0) is 14.0. The van der Waals surface area contributed by atoms with Gasteiger partial charge in [0.05, 0.1) is 5.69 Å². The molecular weight excluding hydrogens is 236 g/mol. The number of hydrogen-bond acceptors (Lipinski definition) is 3. The summed E-state index contributed by atoms with van der Waals surface area (Å²) in [5.41, 5.74) is 2.52. The SMILES string of the molecule is CCC(CC)N(C)c1c(CNC2CC2)c(C)nn1C. The van der Waals surface area contributed by atoms with E-state index in [0.29, 0.717) is 6.04 Å². The first kappa shape index (κ1) is 14.4. The molecule has 0 bridgehead atoms. The molecule has 0 saturated heterocycles. The summed E-state index contributed by atoms with van der Waals surface area (Å²) in [5, 5.41) is 8.23. The van der Waals surface area contributed by atoms with E-state index in [1.807, 2.05) is 4.68 Å². The van der Waals surface area contributed by atoms with Crippen molar-refractivity contribution in [3.8, 4) is 0 Å². The van der Waals surface area contributed by atoms with Gasteiger partial charge in [0.1, 0.15) is 5.82 Å². The van der Waals surface area contributed by atoms with Crippen LogP contribution < -0.4 is 10.2 Å². The first-order valence-electron chi connectivity index (χ1n) is 7.57. The van der Waals surface area contributed by atoms with E-state index in [1.54, 1.807) is 0 Å². The highest BCUT2D eigenvalue weighted by atomic mass is 15.4. The van der Waals surface area contributed by atoms with E-state index in [1.165, 1.54) is 37.1 Å². The fourth-order valence-corrected chi connectivity index (χ4v) is 2.88. The molecule has 1 N–H and O–H groups in total. The van der Waals surface area contributed by atoms with Gasteiger partial charge in [-0.3, -0.25) is 4.68 Å². The molecule has 1 fully saturated rings. The van der Waals surface area contributed by atoms with Crippen LogP contribution in [0.25, 0.3) is 0 Å². The minimum atomic E-state index is 0.592. The zero-order valence-electron chi connectivity index (χ0n) is 13.0. The van der Waals surface area contributed by atoms with Crippen LogP contribution in [-0.4, -0.2) is 28.9 Å². The molecule has 1 aliphatic rings. The summed E-state index contributed by atoms with van der Waals surface area (Å²) in [6, 6.07) is 1.33. The first-order chi connectivity index (χ1) is 9.08. The van der Waals surface area contributed by atoms with Gasteiger partial charge in [-0.1, -0.05) is 13.8 Å². The molecule has 0 aliphatic heterocycles. The van der Waals surface area contributed by atoms with Gasteiger partial charge >= 0.3 is 0 Å². The quantitative estimate of drug-likeness (QED) is 0.822. The molecule has 0 aromatic carbocycles. The molecule has 0 unspecified atom stereocenters. The molecule has 0 radical (unpaired) electrons. The molecule has 4 heteroatoms. The highest BCUT2D eigenvalue weighted by Gasteiger charge is 2.24. The van der Waals surface area contributed by atoms with Gasteiger partial charge < -0.3 is 10.2 Å². The van der Waals surface area contributed by atoms with Gasteiger partial charge in [-0.05, 0) is 32.6 Å². The summed E-state index contributed by atoms with van der Waals surface area (Å²) in [6.07, 6.45) is 5.01. The minimum absolute atomic E-state index is 0.592. The molecule has 108 valence electrons. The van der Waals surface area contributed by atoms with E-state index in [0.717, 1.165) is 18.3 Å². The fourth-order valence-electron chi connectivity index (χ4n) is 2.88. The number of hydrogen-bond donors (Lipinski definition) is 1. The predicted molar refractivity (Wildman–Crippen MR) is 80.6 cm³/mol. The topological polar surface area (TPSA) is 33.1 Å². The number of anilines is 1. The van der Waals surface area contributed by atoms with Crippen LogP contribution in [0.2, 0.25) is 0 Å². The average Bonchev–Trinajstić information content (AvgIpc) is 3.14. The van der Waals surface area contributed by atoms with Gasteiger partial charge in [-0.2, -0.15) is 5.10 Å². The van der Waals surface area contributed by atoms with E-state index >= 15 is 0 Å². The number of aryl methyl sites for hydroxylation is 2. The Hall–Kier alpha value is -1.03. The van der Waals surface area contributed by atoms with E-state index in [4.69, 9.17) is 0 Å². The van der Waals surface area contributed by atoms with Gasteiger partial charge in [-0.15, -0.1) is 0 Å². The summed E-state index contributed by atoms with van der Waals surface area (Å²) in [5.74, 6) is 1.28. The van der Waals surface area contributed by atoms with Gasteiger partial charge in [0.15, 0.2) is 0 Å². The number of rotatable bonds is 7. The lowest BCUT2D eigenvalue weighted by molar-refractivity contribution is 0.569. The lowest BCUT2D eigenvalue weighted by Gasteiger charge is -2.29. The van der Waals surface area contributed by atoms with Crippen molar-refractivity contribution in [3.05, 3.63) is 11.3 Å². The van der Waals surface area contributed by atoms with Crippen molar-refractivity contribution in [1.29, 1.82) is 0 Å². The Balaban J connectivity index is 2.20. The molecule has 1 aliphatic carbocycles. The van der Waals surface area contributed by atoms with Crippen LogP contribution in [-0.2, 0) is 13.6 Å². The Bertz CT molecular complexity index is 416. The molecule has 0 amide bonds. The summed E-state index contributed by atoms with van der Waals surface area (Å²) >= 11 is 0. The Morgan fingerprint density at radius 3 is 2.53 bits per heavy atom. The lowest BCUT2D eigenvalue weighted by Crippen LogP contribution is -2.33. The highest BCUT2D eigenvalue weighted by Crippen LogP contribution is 2.27. The van der Waals surface area contributed by atoms with Crippen LogP contribution in [0.1, 0.15) is 50.8 Å². The molecule has 4 nitrogen and oxygen atoms in total. The Labute approximate surface area is 117 Å². The summed E-state index contributed by atoms with van der Waals surface area (Å²) in [7, 11) is 4.26. The second-order valence-electron chi connectivity index (χ2n) is 5.75. The first-order valence-corrected chi connectivity index (χ1v) is 7.57. The summed E-state index contributed by atoms with van der Waals surface area (Å²) < 4.78 is 2.04. The second-order valence-corrected chi connectivity index (χ2v) is 5.75. The number of nitrogens with zero attached hydrogens (tertiary/aromatic N) is 3. The van der Waals surface area contributed by atoms with Gasteiger partial charge in [0, 0.05) is 38.3 Å². The zero-order valence-corrected chi connectivity index (χ0v) is 13.0. The number of nitrogens with one attached hydrogen (secondary N) is 1. The van der Waals surface area contributed by atoms with E-state index in [-0.39, 0.29) is 0 Å². The maximum Gasteiger partial charge on any atom is 0.131 e. The third-order valence-electron chi connectivity index (χ3n) is 4.28. The monoisotopic (exact) mass is 264 g/mol. The molecule has 1 aromatic heterocycles. The molecule has 2 rings (SSSR count). The third kappa shape index (κ3) is 3.11. The maximum atomic E-state index is 4.62. The Morgan fingerprint density at radius 2 is 2.00 bits per heavy atom. The smallest absolute Gasteiger partial charge is 0.131 e. The van der Waals surface area contributed by atoms with Crippen molar-refractivity contribution < 1.29 is 0 Å². The van der Waals surface area contributed by atoms with E-state index < -0.39 is 0 Å². The van der Waals surface area contributed by atoms with Crippen molar-refractivity contribution in [3.63, 3.8) is 0 Å². The fraction of sp³-hybridized carbons (Fsp3) is 0.800. The summed E-state index contributed by atoms with van der Waals surface area (Å²) in [4.78, 5) is 2.41. The van der Waals surface area contributed by atoms with Crippen molar-refractivity contribution in [2.45, 2.75) is 65.1 Å². The predicted octanol–water partition coefficient (Wildman–Crippen LogP) is 2.61. The van der Waals surface area contributed by atoms with E-state index in [9.17, 15) is 0 Å². The van der Waals surface area contributed by atoms with Gasteiger partial charge in [0.25, 0.3) is 0 Å². The second kappa shape index (κ2) is 5.95. The largest absolute Gasteiger partial charge is 0.357 e. The van der Waals surface area contributed by atoms with Crippen LogP contribution in [0, 0.1) is 6.92 Å². The van der Waals surface area contributed by atoms with Crippen LogP contribution in [0.3, 0.4) is 0 Å². The molecule has 0 spiro atoms. The van der Waals surface area contributed by atoms with Crippen molar-refractivity contribution in [1.82, 2.24) is 15.1 Å². The van der Waals surface area contributed by atoms with Gasteiger partial charge in [0.2, 0.25) is 0 Å². The highest BCUT2D eigenvalue weighted by molar-refractivity contribution is 5.50. The number of aromatic nitrogens is 2. The maximum absolute atomic E-state index is 4.62. The van der Waals surface area contributed by atoms with Crippen LogP contribution in [0.5, 0.6) is 0 Å². The minimum Gasteiger partial charge on any atom is -0.357 e. The molecule has 19 heavy (non-hydrogen) atoms. The molecule has 1 saturated carbocycles. The van der Waals surface area contributed by atoms with Crippen LogP contribution in [0.4, 0.5) is 5.82 Å². The van der Waals surface area contributed by atoms with Crippen molar-refractivity contribution in [2.24, 2.45) is 7.05 Å². The normalized spacial score (nSPS) is 15.3. The van der Waals surface area contributed by atoms with Crippen LogP contribution in [0.15, 0.2) is 0 Å². The molecular formula is C15H28N4. The van der Waals surface area contributed by atoms with Gasteiger partial charge in [-0.25, -0.2) is 0 Å². The molecule has 0 atom stereocenters.